The Hall–Kier alpha value is -2.25. The lowest BCUT2D eigenvalue weighted by Gasteiger charge is -2.07. The molecule has 2 heterocycles. The van der Waals surface area contributed by atoms with Crippen LogP contribution in [0, 0.1) is 6.92 Å². The molecule has 1 amide bonds. The van der Waals surface area contributed by atoms with Crippen LogP contribution in [-0.4, -0.2) is 22.5 Å². The Kier molecular flexibility index (Phi) is 5.78. The molecule has 0 unspecified atom stereocenters. The first-order chi connectivity index (χ1) is 12.2. The molecule has 7 heteroatoms. The standard InChI is InChI=1S/C18H19N3O2S2/c1-3-23-16-7-5-4-6-15(16)18-21-13(10-25-18)8-17(22)19-9-14-11-24-12(2)20-14/h4-7,10-11H,3,8-9H2,1-2H3,(H,19,22). The Balaban J connectivity index is 1.62. The van der Waals surface area contributed by atoms with Gasteiger partial charge in [0.15, 0.2) is 0 Å². The Bertz CT molecular complexity index is 857. The van der Waals surface area contributed by atoms with Gasteiger partial charge < -0.3 is 10.1 Å². The predicted molar refractivity (Wildman–Crippen MR) is 101 cm³/mol. The van der Waals surface area contributed by atoms with Gasteiger partial charge in [-0.1, -0.05) is 12.1 Å². The molecule has 0 saturated carbocycles. The van der Waals surface area contributed by atoms with Crippen LogP contribution in [0.25, 0.3) is 10.6 Å². The van der Waals surface area contributed by atoms with Gasteiger partial charge in [-0.2, -0.15) is 0 Å². The van der Waals surface area contributed by atoms with Crippen LogP contribution < -0.4 is 10.1 Å². The van der Waals surface area contributed by atoms with Gasteiger partial charge in [0, 0.05) is 10.8 Å². The van der Waals surface area contributed by atoms with Crippen LogP contribution >= 0.6 is 22.7 Å². The monoisotopic (exact) mass is 373 g/mol. The molecule has 1 N–H and O–H groups in total. The minimum atomic E-state index is -0.0550. The maximum atomic E-state index is 12.1. The molecule has 130 valence electrons. The summed E-state index contributed by atoms with van der Waals surface area (Å²) >= 11 is 3.10. The van der Waals surface area contributed by atoms with Gasteiger partial charge in [0.2, 0.25) is 5.91 Å². The average molecular weight is 374 g/mol. The zero-order valence-corrected chi connectivity index (χ0v) is 15.7. The van der Waals surface area contributed by atoms with Crippen LogP contribution in [0.5, 0.6) is 5.75 Å². The number of aryl methyl sites for hydroxylation is 1. The fourth-order valence-electron chi connectivity index (χ4n) is 2.34. The van der Waals surface area contributed by atoms with Gasteiger partial charge in [-0.05, 0) is 26.0 Å². The lowest BCUT2D eigenvalue weighted by atomic mass is 10.2. The minimum Gasteiger partial charge on any atom is -0.493 e. The average Bonchev–Trinajstić information content (AvgIpc) is 3.23. The van der Waals surface area contributed by atoms with Gasteiger partial charge in [-0.3, -0.25) is 4.79 Å². The lowest BCUT2D eigenvalue weighted by Crippen LogP contribution is -2.24. The molecular formula is C18H19N3O2S2. The summed E-state index contributed by atoms with van der Waals surface area (Å²) in [5, 5.41) is 8.63. The van der Waals surface area contributed by atoms with Gasteiger partial charge in [-0.15, -0.1) is 22.7 Å². The normalized spacial score (nSPS) is 10.6. The number of carbonyl (C=O) groups is 1. The molecule has 3 aromatic rings. The molecule has 0 aliphatic carbocycles. The molecular weight excluding hydrogens is 354 g/mol. The summed E-state index contributed by atoms with van der Waals surface area (Å²) in [7, 11) is 0. The highest BCUT2D eigenvalue weighted by Crippen LogP contribution is 2.32. The maximum Gasteiger partial charge on any atom is 0.226 e. The first kappa shape index (κ1) is 17.6. The summed E-state index contributed by atoms with van der Waals surface area (Å²) < 4.78 is 5.65. The van der Waals surface area contributed by atoms with Crippen LogP contribution in [-0.2, 0) is 17.8 Å². The van der Waals surface area contributed by atoms with E-state index in [0.29, 0.717) is 13.2 Å². The van der Waals surface area contributed by atoms with Crippen molar-refractivity contribution < 1.29 is 9.53 Å². The molecule has 5 nitrogen and oxygen atoms in total. The second-order valence-corrected chi connectivity index (χ2v) is 7.30. The van der Waals surface area contributed by atoms with E-state index in [0.717, 1.165) is 32.7 Å². The third-order valence-electron chi connectivity index (χ3n) is 3.44. The Morgan fingerprint density at radius 1 is 1.16 bits per heavy atom. The number of rotatable bonds is 7. The summed E-state index contributed by atoms with van der Waals surface area (Å²) in [5.41, 5.74) is 2.61. The van der Waals surface area contributed by atoms with Crippen molar-refractivity contribution in [1.82, 2.24) is 15.3 Å². The van der Waals surface area contributed by atoms with E-state index in [9.17, 15) is 4.79 Å². The molecule has 0 saturated heterocycles. The van der Waals surface area contributed by atoms with Crippen molar-refractivity contribution in [2.45, 2.75) is 26.8 Å². The van der Waals surface area contributed by atoms with Gasteiger partial charge in [0.05, 0.1) is 41.5 Å². The van der Waals surface area contributed by atoms with Crippen molar-refractivity contribution >= 4 is 28.6 Å². The largest absolute Gasteiger partial charge is 0.493 e. The number of nitrogens with zero attached hydrogens (tertiary/aromatic N) is 2. The molecule has 0 fully saturated rings. The molecule has 0 bridgehead atoms. The third-order valence-corrected chi connectivity index (χ3v) is 5.19. The summed E-state index contributed by atoms with van der Waals surface area (Å²) in [5.74, 6) is 0.759. The predicted octanol–water partition coefficient (Wildman–Crippen LogP) is 3.83. The molecule has 1 aromatic carbocycles. The third kappa shape index (κ3) is 4.64. The van der Waals surface area contributed by atoms with Crippen LogP contribution in [0.2, 0.25) is 0 Å². The highest BCUT2D eigenvalue weighted by Gasteiger charge is 2.12. The van der Waals surface area contributed by atoms with Crippen LogP contribution in [0.4, 0.5) is 0 Å². The van der Waals surface area contributed by atoms with Gasteiger partial charge in [-0.25, -0.2) is 9.97 Å². The SMILES string of the molecule is CCOc1ccccc1-c1nc(CC(=O)NCc2csc(C)n2)cs1. The van der Waals surface area contributed by atoms with E-state index in [1.165, 1.54) is 11.3 Å². The second kappa shape index (κ2) is 8.22. The Labute approximate surface area is 154 Å². The number of aromatic nitrogens is 2. The van der Waals surface area contributed by atoms with E-state index in [4.69, 9.17) is 4.74 Å². The van der Waals surface area contributed by atoms with E-state index < -0.39 is 0 Å². The van der Waals surface area contributed by atoms with Gasteiger partial charge >= 0.3 is 0 Å². The van der Waals surface area contributed by atoms with Crippen LogP contribution in [0.3, 0.4) is 0 Å². The Morgan fingerprint density at radius 2 is 1.96 bits per heavy atom. The van der Waals surface area contributed by atoms with Gasteiger partial charge in [0.1, 0.15) is 10.8 Å². The first-order valence-corrected chi connectivity index (χ1v) is 9.76. The zero-order valence-electron chi connectivity index (χ0n) is 14.1. The quantitative estimate of drug-likeness (QED) is 0.683. The number of benzene rings is 1. The minimum absolute atomic E-state index is 0.0550. The lowest BCUT2D eigenvalue weighted by molar-refractivity contribution is -0.120. The van der Waals surface area contributed by atoms with E-state index in [1.54, 1.807) is 11.3 Å². The molecule has 0 radical (unpaired) electrons. The smallest absolute Gasteiger partial charge is 0.226 e. The fourth-order valence-corrected chi connectivity index (χ4v) is 3.80. The molecule has 0 atom stereocenters. The van der Waals surface area contributed by atoms with Crippen molar-refractivity contribution in [3.05, 3.63) is 51.4 Å². The van der Waals surface area contributed by atoms with Crippen molar-refractivity contribution in [2.75, 3.05) is 6.61 Å². The van der Waals surface area contributed by atoms with E-state index in [2.05, 4.69) is 15.3 Å². The Morgan fingerprint density at radius 3 is 2.72 bits per heavy atom. The van der Waals surface area contributed by atoms with Crippen molar-refractivity contribution in [3.63, 3.8) is 0 Å². The van der Waals surface area contributed by atoms with Crippen molar-refractivity contribution in [3.8, 4) is 16.3 Å². The van der Waals surface area contributed by atoms with Crippen molar-refractivity contribution in [2.24, 2.45) is 0 Å². The van der Waals surface area contributed by atoms with E-state index >= 15 is 0 Å². The number of hydrogen-bond acceptors (Lipinski definition) is 6. The first-order valence-electron chi connectivity index (χ1n) is 8.00. The van der Waals surface area contributed by atoms with E-state index in [-0.39, 0.29) is 12.3 Å². The number of para-hydroxylation sites is 1. The summed E-state index contributed by atoms with van der Waals surface area (Å²) in [6.07, 6.45) is 0.260. The number of ether oxygens (including phenoxy) is 1. The fraction of sp³-hybridized carbons (Fsp3) is 0.278. The highest BCUT2D eigenvalue weighted by atomic mass is 32.1. The number of carbonyl (C=O) groups excluding carboxylic acids is 1. The van der Waals surface area contributed by atoms with Crippen LogP contribution in [0.1, 0.15) is 23.3 Å². The molecule has 0 aliphatic heterocycles. The van der Waals surface area contributed by atoms with Crippen molar-refractivity contribution in [1.29, 1.82) is 0 Å². The maximum absolute atomic E-state index is 12.1. The summed E-state index contributed by atoms with van der Waals surface area (Å²) in [4.78, 5) is 21.0. The summed E-state index contributed by atoms with van der Waals surface area (Å²) in [6.45, 7) is 4.96. The molecule has 0 spiro atoms. The highest BCUT2D eigenvalue weighted by molar-refractivity contribution is 7.13. The zero-order chi connectivity index (χ0) is 17.6. The number of hydrogen-bond donors (Lipinski definition) is 1. The topological polar surface area (TPSA) is 64.1 Å². The molecule has 0 aliphatic rings. The second-order valence-electron chi connectivity index (χ2n) is 5.38. The molecule has 25 heavy (non-hydrogen) atoms. The number of thiazole rings is 2. The van der Waals surface area contributed by atoms with Gasteiger partial charge in [0.25, 0.3) is 0 Å². The molecule has 3 rings (SSSR count). The van der Waals surface area contributed by atoms with Crippen LogP contribution in [0.15, 0.2) is 35.0 Å². The summed E-state index contributed by atoms with van der Waals surface area (Å²) in [6, 6.07) is 7.82. The number of amides is 1. The number of nitrogens with one attached hydrogen (secondary N) is 1. The molecule has 2 aromatic heterocycles. The van der Waals surface area contributed by atoms with E-state index in [1.807, 2.05) is 48.9 Å².